The van der Waals surface area contributed by atoms with Crippen molar-refractivity contribution in [1.82, 2.24) is 0 Å². The first kappa shape index (κ1) is 24.8. The lowest BCUT2D eigenvalue weighted by Crippen LogP contribution is -2.16. The molecule has 1 heterocycles. The molecule has 0 aliphatic carbocycles. The quantitative estimate of drug-likeness (QED) is 0.257. The van der Waals surface area contributed by atoms with E-state index in [0.717, 1.165) is 4.88 Å². The normalized spacial score (nSPS) is 10.7. The molecule has 32 heavy (non-hydrogen) atoms. The van der Waals surface area contributed by atoms with Gasteiger partial charge in [0.1, 0.15) is 23.3 Å². The number of hydrogen-bond acceptors (Lipinski definition) is 7. The maximum atomic E-state index is 12.8. The first-order chi connectivity index (χ1) is 15.3. The molecule has 0 fully saturated rings. The van der Waals surface area contributed by atoms with Crippen LogP contribution in [0.1, 0.15) is 33.3 Å². The van der Waals surface area contributed by atoms with Crippen molar-refractivity contribution in [3.63, 3.8) is 0 Å². The number of benzene rings is 1. The number of terminal acetylenes is 1. The minimum Gasteiger partial charge on any atom is -0.493 e. The molecule has 1 N–H and O–H groups in total. The first-order valence-electron chi connectivity index (χ1n) is 9.41. The minimum absolute atomic E-state index is 0.000433. The van der Waals surface area contributed by atoms with E-state index >= 15 is 0 Å². The molecule has 0 unspecified atom stereocenters. The van der Waals surface area contributed by atoms with Crippen LogP contribution in [0.15, 0.2) is 17.7 Å². The highest BCUT2D eigenvalue weighted by Crippen LogP contribution is 2.37. The van der Waals surface area contributed by atoms with Gasteiger partial charge >= 0.3 is 5.97 Å². The maximum Gasteiger partial charge on any atom is 0.341 e. The van der Waals surface area contributed by atoms with Gasteiger partial charge in [0.05, 0.1) is 24.3 Å². The number of methoxy groups -OCH3 is 1. The van der Waals surface area contributed by atoms with E-state index < -0.39 is 11.9 Å². The Morgan fingerprint density at radius 1 is 1.34 bits per heavy atom. The number of nitrogens with one attached hydrogen (secondary N) is 1. The van der Waals surface area contributed by atoms with Crippen molar-refractivity contribution in [2.24, 2.45) is 0 Å². The van der Waals surface area contributed by atoms with Gasteiger partial charge in [0, 0.05) is 4.88 Å². The second-order valence-electron chi connectivity index (χ2n) is 6.36. The van der Waals surface area contributed by atoms with Gasteiger partial charge in [-0.2, -0.15) is 5.26 Å². The number of rotatable bonds is 8. The molecule has 0 radical (unpaired) electrons. The van der Waals surface area contributed by atoms with E-state index in [9.17, 15) is 14.9 Å². The first-order valence-corrected chi connectivity index (χ1v) is 10.6. The van der Waals surface area contributed by atoms with E-state index in [0.29, 0.717) is 21.9 Å². The molecule has 166 valence electrons. The summed E-state index contributed by atoms with van der Waals surface area (Å²) in [5, 5.41) is 12.7. The molecule has 0 saturated heterocycles. The number of aryl methyl sites for hydroxylation is 1. The third kappa shape index (κ3) is 5.61. The highest BCUT2D eigenvalue weighted by molar-refractivity contribution is 7.16. The smallest absolute Gasteiger partial charge is 0.341 e. The van der Waals surface area contributed by atoms with Gasteiger partial charge in [-0.05, 0) is 50.1 Å². The Morgan fingerprint density at radius 2 is 2.06 bits per heavy atom. The number of nitriles is 1. The van der Waals surface area contributed by atoms with Crippen molar-refractivity contribution < 1.29 is 23.8 Å². The van der Waals surface area contributed by atoms with Crippen LogP contribution in [0.3, 0.4) is 0 Å². The fourth-order valence-electron chi connectivity index (χ4n) is 2.73. The van der Waals surface area contributed by atoms with Gasteiger partial charge in [-0.25, -0.2) is 4.79 Å². The van der Waals surface area contributed by atoms with E-state index in [4.69, 9.17) is 32.2 Å². The summed E-state index contributed by atoms with van der Waals surface area (Å²) >= 11 is 7.49. The largest absolute Gasteiger partial charge is 0.493 e. The fourth-order valence-corrected chi connectivity index (χ4v) is 4.04. The Hall–Kier alpha value is -3.46. The zero-order valence-electron chi connectivity index (χ0n) is 18.0. The summed E-state index contributed by atoms with van der Waals surface area (Å²) in [5.41, 5.74) is 1.24. The monoisotopic (exact) mass is 472 g/mol. The Morgan fingerprint density at radius 3 is 2.66 bits per heavy atom. The fraction of sp³-hybridized carbons (Fsp3) is 0.261. The van der Waals surface area contributed by atoms with Crippen molar-refractivity contribution in [3.05, 3.63) is 44.3 Å². The summed E-state index contributed by atoms with van der Waals surface area (Å²) < 4.78 is 15.8. The average molecular weight is 473 g/mol. The minimum atomic E-state index is -0.679. The molecular formula is C23H21ClN2O5S. The van der Waals surface area contributed by atoms with Crippen LogP contribution in [0.2, 0.25) is 5.02 Å². The zero-order chi connectivity index (χ0) is 23.8. The predicted octanol–water partition coefficient (Wildman–Crippen LogP) is 4.76. The van der Waals surface area contributed by atoms with Crippen molar-refractivity contribution in [3.8, 4) is 29.9 Å². The number of halogens is 1. The Labute approximate surface area is 195 Å². The second-order valence-corrected chi connectivity index (χ2v) is 7.99. The summed E-state index contributed by atoms with van der Waals surface area (Å²) in [7, 11) is 1.43. The van der Waals surface area contributed by atoms with Crippen molar-refractivity contribution in [2.45, 2.75) is 20.8 Å². The average Bonchev–Trinajstić information content (AvgIpc) is 3.03. The molecule has 0 aliphatic heterocycles. The molecule has 1 amide bonds. The molecule has 2 rings (SSSR count). The SMILES string of the molecule is C#CCOc1c(Cl)cc(/C=C(\C#N)C(=O)Nc2sc(C)c(C)c2C(=O)OCC)cc1OC. The molecule has 0 aliphatic rings. The van der Waals surface area contributed by atoms with Crippen LogP contribution in [0.4, 0.5) is 5.00 Å². The Bertz CT molecular complexity index is 1150. The Balaban J connectivity index is 2.38. The summed E-state index contributed by atoms with van der Waals surface area (Å²) in [4.78, 5) is 26.0. The molecule has 0 spiro atoms. The van der Waals surface area contributed by atoms with Crippen LogP contribution in [0.25, 0.3) is 6.08 Å². The summed E-state index contributed by atoms with van der Waals surface area (Å²) in [6.07, 6.45) is 6.56. The van der Waals surface area contributed by atoms with Gasteiger partial charge in [0.25, 0.3) is 5.91 Å². The highest BCUT2D eigenvalue weighted by Gasteiger charge is 2.23. The van der Waals surface area contributed by atoms with Gasteiger partial charge in [0.2, 0.25) is 0 Å². The number of anilines is 1. The lowest BCUT2D eigenvalue weighted by molar-refractivity contribution is -0.112. The number of amides is 1. The summed E-state index contributed by atoms with van der Waals surface area (Å²) in [6, 6.07) is 4.95. The number of carbonyl (C=O) groups is 2. The summed E-state index contributed by atoms with van der Waals surface area (Å²) in [6.45, 7) is 5.50. The third-order valence-electron chi connectivity index (χ3n) is 4.32. The van der Waals surface area contributed by atoms with Crippen molar-refractivity contribution >= 4 is 45.9 Å². The van der Waals surface area contributed by atoms with Gasteiger partial charge < -0.3 is 19.5 Å². The molecule has 7 nitrogen and oxygen atoms in total. The predicted molar refractivity (Wildman–Crippen MR) is 124 cm³/mol. The molecule has 9 heteroatoms. The van der Waals surface area contributed by atoms with E-state index in [1.165, 1.54) is 30.6 Å². The van der Waals surface area contributed by atoms with Crippen LogP contribution in [-0.4, -0.2) is 32.2 Å². The number of nitrogens with zero attached hydrogens (tertiary/aromatic N) is 1. The molecule has 0 atom stereocenters. The number of thiophene rings is 1. The third-order valence-corrected chi connectivity index (χ3v) is 5.72. The van der Waals surface area contributed by atoms with Crippen LogP contribution >= 0.6 is 22.9 Å². The second kappa shape index (κ2) is 11.2. The molecule has 0 bridgehead atoms. The lowest BCUT2D eigenvalue weighted by atomic mass is 10.1. The van der Waals surface area contributed by atoms with Gasteiger partial charge in [-0.3, -0.25) is 4.79 Å². The van der Waals surface area contributed by atoms with E-state index in [2.05, 4.69) is 11.2 Å². The van der Waals surface area contributed by atoms with E-state index in [1.54, 1.807) is 19.9 Å². The number of esters is 1. The zero-order valence-corrected chi connectivity index (χ0v) is 19.6. The van der Waals surface area contributed by atoms with Gasteiger partial charge in [-0.15, -0.1) is 17.8 Å². The molecule has 0 saturated carbocycles. The molecule has 1 aromatic heterocycles. The van der Waals surface area contributed by atoms with Crippen LogP contribution in [-0.2, 0) is 9.53 Å². The van der Waals surface area contributed by atoms with Gasteiger partial charge in [0.15, 0.2) is 11.5 Å². The van der Waals surface area contributed by atoms with Crippen molar-refractivity contribution in [1.29, 1.82) is 5.26 Å². The van der Waals surface area contributed by atoms with Crippen molar-refractivity contribution in [2.75, 3.05) is 25.6 Å². The highest BCUT2D eigenvalue weighted by atomic mass is 35.5. The lowest BCUT2D eigenvalue weighted by Gasteiger charge is -2.12. The van der Waals surface area contributed by atoms with Gasteiger partial charge in [-0.1, -0.05) is 17.5 Å². The number of carbonyl (C=O) groups excluding carboxylic acids is 2. The van der Waals surface area contributed by atoms with Crippen LogP contribution in [0.5, 0.6) is 11.5 Å². The standard InChI is InChI=1S/C23H21ClN2O5S/c1-6-8-31-20-17(24)10-15(11-18(20)29-5)9-16(12-25)21(27)26-22-19(23(28)30-7-2)13(3)14(4)32-22/h1,9-11H,7-8H2,2-5H3,(H,26,27)/b16-9+. The summed E-state index contributed by atoms with van der Waals surface area (Å²) in [5.74, 6) is 1.68. The maximum absolute atomic E-state index is 12.8. The molecular weight excluding hydrogens is 452 g/mol. The van der Waals surface area contributed by atoms with E-state index in [1.807, 2.05) is 13.0 Å². The number of hydrogen-bond donors (Lipinski definition) is 1. The molecule has 1 aromatic carbocycles. The van der Waals surface area contributed by atoms with E-state index in [-0.39, 0.29) is 35.1 Å². The topological polar surface area (TPSA) is 97.7 Å². The Kier molecular flexibility index (Phi) is 8.71. The molecule has 2 aromatic rings. The van der Waals surface area contributed by atoms with Crippen LogP contribution in [0, 0.1) is 37.5 Å². The number of ether oxygens (including phenoxy) is 3. The van der Waals surface area contributed by atoms with Crippen LogP contribution < -0.4 is 14.8 Å².